The van der Waals surface area contributed by atoms with E-state index in [9.17, 15) is 13.6 Å². The number of halogens is 2. The van der Waals surface area contributed by atoms with Crippen molar-refractivity contribution in [3.63, 3.8) is 0 Å². The fourth-order valence-electron chi connectivity index (χ4n) is 2.17. The highest BCUT2D eigenvalue weighted by molar-refractivity contribution is 5.83. The minimum absolute atomic E-state index is 0.329. The normalized spacial score (nSPS) is 20.1. The average Bonchev–Trinajstić information content (AvgIpc) is 2.25. The van der Waals surface area contributed by atoms with Crippen molar-refractivity contribution in [2.24, 2.45) is 0 Å². The standard InChI is InChI=1S/C12H9F2NO2/c13-12(14)6-11(7-12,10(16)17)9-3-1-8(5-15)2-4-9/h1-4H,6-7H2,(H,16,17). The molecule has 1 aliphatic carbocycles. The predicted molar refractivity (Wildman–Crippen MR) is 54.7 cm³/mol. The molecular weight excluding hydrogens is 228 g/mol. The zero-order valence-corrected chi connectivity index (χ0v) is 8.78. The van der Waals surface area contributed by atoms with Crippen LogP contribution in [0, 0.1) is 11.3 Å². The van der Waals surface area contributed by atoms with Crippen LogP contribution < -0.4 is 0 Å². The van der Waals surface area contributed by atoms with Crippen molar-refractivity contribution in [3.8, 4) is 6.07 Å². The van der Waals surface area contributed by atoms with Crippen LogP contribution in [0.15, 0.2) is 24.3 Å². The molecule has 0 radical (unpaired) electrons. The molecule has 5 heteroatoms. The van der Waals surface area contributed by atoms with E-state index in [2.05, 4.69) is 0 Å². The molecule has 1 fully saturated rings. The Labute approximate surface area is 96.3 Å². The summed E-state index contributed by atoms with van der Waals surface area (Å²) in [5.74, 6) is -4.15. The predicted octanol–water partition coefficient (Wildman–Crippen LogP) is 2.31. The molecule has 1 aliphatic rings. The molecule has 2 rings (SSSR count). The van der Waals surface area contributed by atoms with Gasteiger partial charge < -0.3 is 5.11 Å². The first-order valence-corrected chi connectivity index (χ1v) is 5.01. The van der Waals surface area contributed by atoms with Crippen molar-refractivity contribution in [3.05, 3.63) is 35.4 Å². The van der Waals surface area contributed by atoms with Gasteiger partial charge in [-0.15, -0.1) is 0 Å². The summed E-state index contributed by atoms with van der Waals surface area (Å²) in [6.45, 7) is 0. The van der Waals surface area contributed by atoms with Crippen molar-refractivity contribution in [2.45, 2.75) is 24.2 Å². The Morgan fingerprint density at radius 2 is 1.82 bits per heavy atom. The molecule has 0 aliphatic heterocycles. The summed E-state index contributed by atoms with van der Waals surface area (Å²) in [4.78, 5) is 11.1. The lowest BCUT2D eigenvalue weighted by atomic mass is 9.62. The monoisotopic (exact) mass is 237 g/mol. The second kappa shape index (κ2) is 3.52. The number of rotatable bonds is 2. The van der Waals surface area contributed by atoms with Gasteiger partial charge in [0.05, 0.1) is 11.6 Å². The van der Waals surface area contributed by atoms with E-state index >= 15 is 0 Å². The molecule has 3 nitrogen and oxygen atoms in total. The third-order valence-corrected chi connectivity index (χ3v) is 3.10. The molecule has 1 aromatic carbocycles. The van der Waals surface area contributed by atoms with Gasteiger partial charge in [0.25, 0.3) is 5.92 Å². The van der Waals surface area contributed by atoms with Gasteiger partial charge in [0.1, 0.15) is 5.41 Å². The lowest BCUT2D eigenvalue weighted by Crippen LogP contribution is -2.54. The molecule has 0 saturated heterocycles. The molecule has 0 aromatic heterocycles. The molecule has 0 spiro atoms. The van der Waals surface area contributed by atoms with Crippen LogP contribution in [0.3, 0.4) is 0 Å². The Bertz CT molecular complexity index is 494. The highest BCUT2D eigenvalue weighted by Crippen LogP contribution is 2.53. The summed E-state index contributed by atoms with van der Waals surface area (Å²) < 4.78 is 25.8. The molecule has 1 N–H and O–H groups in total. The quantitative estimate of drug-likeness (QED) is 0.858. The van der Waals surface area contributed by atoms with Gasteiger partial charge in [-0.2, -0.15) is 5.26 Å². The molecular formula is C12H9F2NO2. The fourth-order valence-corrected chi connectivity index (χ4v) is 2.17. The molecule has 0 bridgehead atoms. The second-order valence-electron chi connectivity index (χ2n) is 4.29. The average molecular weight is 237 g/mol. The Balaban J connectivity index is 2.36. The van der Waals surface area contributed by atoms with E-state index in [1.807, 2.05) is 6.07 Å². The first-order valence-electron chi connectivity index (χ1n) is 5.01. The van der Waals surface area contributed by atoms with E-state index in [1.165, 1.54) is 24.3 Å². The van der Waals surface area contributed by atoms with Crippen LogP contribution in [0.2, 0.25) is 0 Å². The number of nitriles is 1. The van der Waals surface area contributed by atoms with Crippen LogP contribution in [0.4, 0.5) is 8.78 Å². The van der Waals surface area contributed by atoms with E-state index in [0.717, 1.165) is 0 Å². The van der Waals surface area contributed by atoms with E-state index < -0.39 is 30.1 Å². The molecule has 0 unspecified atom stereocenters. The van der Waals surface area contributed by atoms with Crippen molar-refractivity contribution < 1.29 is 18.7 Å². The highest BCUT2D eigenvalue weighted by atomic mass is 19.3. The summed E-state index contributed by atoms with van der Waals surface area (Å²) in [6, 6.07) is 7.64. The SMILES string of the molecule is N#Cc1ccc(C2(C(=O)O)CC(F)(F)C2)cc1. The van der Waals surface area contributed by atoms with Crippen LogP contribution in [-0.4, -0.2) is 17.0 Å². The minimum atomic E-state index is -2.91. The third kappa shape index (κ3) is 1.76. The lowest BCUT2D eigenvalue weighted by molar-refractivity contribution is -0.174. The number of hydrogen-bond acceptors (Lipinski definition) is 2. The van der Waals surface area contributed by atoms with E-state index in [1.54, 1.807) is 0 Å². The van der Waals surface area contributed by atoms with Gasteiger partial charge in [0, 0.05) is 12.8 Å². The van der Waals surface area contributed by atoms with Gasteiger partial charge in [-0.25, -0.2) is 8.78 Å². The summed E-state index contributed by atoms with van der Waals surface area (Å²) in [5.41, 5.74) is -0.799. The van der Waals surface area contributed by atoms with Crippen molar-refractivity contribution >= 4 is 5.97 Å². The van der Waals surface area contributed by atoms with Crippen LogP contribution >= 0.6 is 0 Å². The van der Waals surface area contributed by atoms with Gasteiger partial charge in [0.2, 0.25) is 0 Å². The maximum Gasteiger partial charge on any atom is 0.314 e. The van der Waals surface area contributed by atoms with Crippen molar-refractivity contribution in [1.29, 1.82) is 5.26 Å². The number of carboxylic acid groups (broad SMARTS) is 1. The maximum atomic E-state index is 12.9. The number of carboxylic acids is 1. The van der Waals surface area contributed by atoms with Crippen LogP contribution in [0.1, 0.15) is 24.0 Å². The minimum Gasteiger partial charge on any atom is -0.481 e. The third-order valence-electron chi connectivity index (χ3n) is 3.10. The van der Waals surface area contributed by atoms with Crippen LogP contribution in [0.5, 0.6) is 0 Å². The Hall–Kier alpha value is -1.96. The van der Waals surface area contributed by atoms with E-state index in [-0.39, 0.29) is 0 Å². The van der Waals surface area contributed by atoms with Gasteiger partial charge in [-0.1, -0.05) is 12.1 Å². The Morgan fingerprint density at radius 1 is 1.29 bits per heavy atom. The number of carbonyl (C=O) groups is 1. The number of aliphatic carboxylic acids is 1. The van der Waals surface area contributed by atoms with Crippen LogP contribution in [-0.2, 0) is 10.2 Å². The van der Waals surface area contributed by atoms with Crippen molar-refractivity contribution in [1.82, 2.24) is 0 Å². The topological polar surface area (TPSA) is 61.1 Å². The maximum absolute atomic E-state index is 12.9. The number of nitrogens with zero attached hydrogens (tertiary/aromatic N) is 1. The summed E-state index contributed by atoms with van der Waals surface area (Å²) in [5, 5.41) is 17.7. The molecule has 0 atom stereocenters. The smallest absolute Gasteiger partial charge is 0.314 e. The molecule has 1 aromatic rings. The summed E-state index contributed by atoms with van der Waals surface area (Å²) in [6.07, 6.45) is -1.36. The molecule has 88 valence electrons. The zero-order valence-electron chi connectivity index (χ0n) is 8.78. The number of hydrogen-bond donors (Lipinski definition) is 1. The molecule has 0 heterocycles. The Kier molecular flexibility index (Phi) is 2.39. The summed E-state index contributed by atoms with van der Waals surface area (Å²) in [7, 11) is 0. The van der Waals surface area contributed by atoms with Gasteiger partial charge in [0.15, 0.2) is 0 Å². The molecule has 1 saturated carbocycles. The highest BCUT2D eigenvalue weighted by Gasteiger charge is 2.62. The van der Waals surface area contributed by atoms with Crippen LogP contribution in [0.25, 0.3) is 0 Å². The first-order chi connectivity index (χ1) is 7.89. The molecule has 0 amide bonds. The van der Waals surface area contributed by atoms with Gasteiger partial charge in [-0.3, -0.25) is 4.79 Å². The first kappa shape index (κ1) is 11.5. The van der Waals surface area contributed by atoms with E-state index in [0.29, 0.717) is 11.1 Å². The van der Waals surface area contributed by atoms with Crippen molar-refractivity contribution in [2.75, 3.05) is 0 Å². The fraction of sp³-hybridized carbons (Fsp3) is 0.333. The lowest BCUT2D eigenvalue weighted by Gasteiger charge is -2.44. The Morgan fingerprint density at radius 3 is 2.18 bits per heavy atom. The number of benzene rings is 1. The summed E-state index contributed by atoms with van der Waals surface area (Å²) >= 11 is 0. The molecule has 17 heavy (non-hydrogen) atoms. The van der Waals surface area contributed by atoms with E-state index in [4.69, 9.17) is 10.4 Å². The largest absolute Gasteiger partial charge is 0.481 e. The van der Waals surface area contributed by atoms with Gasteiger partial charge >= 0.3 is 5.97 Å². The second-order valence-corrected chi connectivity index (χ2v) is 4.29. The zero-order chi connectivity index (χ0) is 12.7. The number of alkyl halides is 2. The van der Waals surface area contributed by atoms with Gasteiger partial charge in [-0.05, 0) is 17.7 Å².